The number of hydrazine groups is 1. The van der Waals surface area contributed by atoms with Crippen LogP contribution in [0.15, 0.2) is 77.7 Å². The Kier molecular flexibility index (Phi) is 10.2. The zero-order valence-corrected chi connectivity index (χ0v) is 23.3. The zero-order valence-electron chi connectivity index (χ0n) is 20.9. The van der Waals surface area contributed by atoms with Crippen LogP contribution >= 0.6 is 24.8 Å². The van der Waals surface area contributed by atoms with Crippen LogP contribution in [0.2, 0.25) is 0 Å². The molecular weight excluding hydrogens is 517 g/mol. The number of aryl methyl sites for hydroxylation is 1. The van der Waals surface area contributed by atoms with Crippen LogP contribution in [0.25, 0.3) is 0 Å². The summed E-state index contributed by atoms with van der Waals surface area (Å²) in [7, 11) is -0.472. The Bertz CT molecular complexity index is 1240. The number of halogens is 2. The summed E-state index contributed by atoms with van der Waals surface area (Å²) in [6, 6.07) is 22.8. The van der Waals surface area contributed by atoms with Gasteiger partial charge >= 0.3 is 0 Å². The second-order valence-electron chi connectivity index (χ2n) is 9.01. The van der Waals surface area contributed by atoms with E-state index in [2.05, 4.69) is 12.1 Å². The number of nitrogens with zero attached hydrogens (tertiary/aromatic N) is 2. The zero-order chi connectivity index (χ0) is 24.3. The van der Waals surface area contributed by atoms with Crippen molar-refractivity contribution in [3.8, 4) is 5.75 Å². The fourth-order valence-corrected chi connectivity index (χ4v) is 6.02. The van der Waals surface area contributed by atoms with Gasteiger partial charge in [0.2, 0.25) is 0 Å². The minimum Gasteiger partial charge on any atom is -0.496 e. The molecule has 1 atom stereocenters. The minimum atomic E-state index is -3.70. The number of hydrogen-bond donors (Lipinski definition) is 1. The molecule has 0 radical (unpaired) electrons. The van der Waals surface area contributed by atoms with Gasteiger partial charge in [-0.25, -0.2) is 13.4 Å². The smallest absolute Gasteiger partial charge is 0.264 e. The van der Waals surface area contributed by atoms with Gasteiger partial charge < -0.3 is 4.74 Å². The Morgan fingerprint density at radius 3 is 2.28 bits per heavy atom. The van der Waals surface area contributed by atoms with E-state index >= 15 is 0 Å². The topological polar surface area (TPSA) is 75.9 Å². The van der Waals surface area contributed by atoms with Crippen LogP contribution < -0.4 is 14.9 Å². The first-order chi connectivity index (χ1) is 16.3. The molecule has 1 heterocycles. The number of sulfonamides is 1. The second kappa shape index (κ2) is 12.3. The number of nitrogens with two attached hydrogens (primary N) is 1. The van der Waals surface area contributed by atoms with E-state index in [9.17, 15) is 8.42 Å². The van der Waals surface area contributed by atoms with E-state index in [0.29, 0.717) is 12.1 Å². The van der Waals surface area contributed by atoms with E-state index in [4.69, 9.17) is 10.6 Å². The molecule has 1 unspecified atom stereocenters. The van der Waals surface area contributed by atoms with Gasteiger partial charge in [0, 0.05) is 13.6 Å². The SMILES string of the molecule is COc1ccc(N(C)S(=O)(=O)c2ccc(C)cc2)cc1CC1(c2ccccc2)CCCCN1N.Cl.Cl. The fraction of sp³-hybridized carbons (Fsp3) is 0.333. The van der Waals surface area contributed by atoms with Crippen LogP contribution in [0.4, 0.5) is 5.69 Å². The van der Waals surface area contributed by atoms with Gasteiger partial charge in [-0.1, -0.05) is 48.0 Å². The highest BCUT2D eigenvalue weighted by atomic mass is 35.5. The molecule has 0 bridgehead atoms. The highest BCUT2D eigenvalue weighted by molar-refractivity contribution is 7.92. The molecule has 0 spiro atoms. The molecule has 3 aromatic rings. The van der Waals surface area contributed by atoms with Crippen molar-refractivity contribution in [3.05, 3.63) is 89.5 Å². The molecule has 0 saturated carbocycles. The monoisotopic (exact) mass is 551 g/mol. The predicted molar refractivity (Wildman–Crippen MR) is 151 cm³/mol. The van der Waals surface area contributed by atoms with E-state index in [-0.39, 0.29) is 35.2 Å². The van der Waals surface area contributed by atoms with E-state index in [0.717, 1.165) is 48.2 Å². The molecule has 9 heteroatoms. The van der Waals surface area contributed by atoms with Gasteiger partial charge in [0.05, 0.1) is 23.2 Å². The highest BCUT2D eigenvalue weighted by Gasteiger charge is 2.40. The predicted octanol–water partition coefficient (Wildman–Crippen LogP) is 5.47. The van der Waals surface area contributed by atoms with Crippen LogP contribution in [0, 0.1) is 6.92 Å². The Labute approximate surface area is 227 Å². The molecular formula is C27H35Cl2N3O3S. The molecule has 1 saturated heterocycles. The lowest BCUT2D eigenvalue weighted by Gasteiger charge is -2.45. The van der Waals surface area contributed by atoms with E-state index in [1.165, 1.54) is 4.31 Å². The molecule has 1 aliphatic rings. The lowest BCUT2D eigenvalue weighted by molar-refractivity contribution is 0.0421. The van der Waals surface area contributed by atoms with Gasteiger partial charge in [0.25, 0.3) is 10.0 Å². The van der Waals surface area contributed by atoms with Gasteiger partial charge in [0.15, 0.2) is 0 Å². The van der Waals surface area contributed by atoms with Crippen molar-refractivity contribution >= 4 is 40.5 Å². The summed E-state index contributed by atoms with van der Waals surface area (Å²) in [5.74, 6) is 7.35. The van der Waals surface area contributed by atoms with Crippen LogP contribution in [-0.4, -0.2) is 34.1 Å². The molecule has 6 nitrogen and oxygen atoms in total. The van der Waals surface area contributed by atoms with Crippen LogP contribution in [0.3, 0.4) is 0 Å². The van der Waals surface area contributed by atoms with Crippen molar-refractivity contribution in [1.82, 2.24) is 5.01 Å². The summed E-state index contributed by atoms with van der Waals surface area (Å²) in [6.45, 7) is 2.74. The maximum absolute atomic E-state index is 13.3. The van der Waals surface area contributed by atoms with Crippen molar-refractivity contribution in [2.45, 2.75) is 43.0 Å². The van der Waals surface area contributed by atoms with E-state index in [1.54, 1.807) is 32.4 Å². The summed E-state index contributed by atoms with van der Waals surface area (Å²) < 4.78 is 33.6. The van der Waals surface area contributed by atoms with Crippen LogP contribution in [0.1, 0.15) is 36.0 Å². The number of methoxy groups -OCH3 is 1. The number of benzene rings is 3. The first-order valence-corrected chi connectivity index (χ1v) is 13.0. The van der Waals surface area contributed by atoms with Gasteiger partial charge in [-0.3, -0.25) is 10.1 Å². The Hall–Kier alpha value is -2.29. The number of hydrogen-bond acceptors (Lipinski definition) is 5. The van der Waals surface area contributed by atoms with Crippen molar-refractivity contribution in [2.24, 2.45) is 5.84 Å². The van der Waals surface area contributed by atoms with E-state index < -0.39 is 10.0 Å². The Morgan fingerprint density at radius 2 is 1.67 bits per heavy atom. The number of rotatable bonds is 7. The molecule has 0 amide bonds. The number of piperidine rings is 1. The molecule has 36 heavy (non-hydrogen) atoms. The number of ether oxygens (including phenoxy) is 1. The number of anilines is 1. The van der Waals surface area contributed by atoms with Crippen LogP contribution in [-0.2, 0) is 22.0 Å². The average molecular weight is 553 g/mol. The molecule has 3 aromatic carbocycles. The first-order valence-electron chi connectivity index (χ1n) is 11.6. The van der Waals surface area contributed by atoms with Gasteiger partial charge in [-0.05, 0) is 74.1 Å². The summed E-state index contributed by atoms with van der Waals surface area (Å²) in [6.07, 6.45) is 3.66. The molecule has 2 N–H and O–H groups in total. The van der Waals surface area contributed by atoms with Gasteiger partial charge in [0.1, 0.15) is 5.75 Å². The molecule has 1 aliphatic heterocycles. The normalized spacial score (nSPS) is 18.0. The lowest BCUT2D eigenvalue weighted by atomic mass is 9.77. The third-order valence-electron chi connectivity index (χ3n) is 6.89. The fourth-order valence-electron chi connectivity index (χ4n) is 4.83. The van der Waals surface area contributed by atoms with E-state index in [1.807, 2.05) is 54.4 Å². The second-order valence-corrected chi connectivity index (χ2v) is 11.0. The van der Waals surface area contributed by atoms with Crippen molar-refractivity contribution in [2.75, 3.05) is 25.0 Å². The van der Waals surface area contributed by atoms with Crippen LogP contribution in [0.5, 0.6) is 5.75 Å². The molecule has 196 valence electrons. The highest BCUT2D eigenvalue weighted by Crippen LogP contribution is 2.41. The molecule has 4 rings (SSSR count). The standard InChI is InChI=1S/C27H33N3O3S.2ClH/c1-21-11-14-25(15-12-21)34(31,32)29(2)24-13-16-26(33-3)22(19-24)20-27(17-7-8-18-30(27)28)23-9-5-4-6-10-23;;/h4-6,9-16,19H,7-8,17-18,20,28H2,1-3H3;2*1H. The third-order valence-corrected chi connectivity index (χ3v) is 8.69. The first kappa shape index (κ1) is 29.9. The summed E-state index contributed by atoms with van der Waals surface area (Å²) in [5, 5.41) is 1.95. The minimum absolute atomic E-state index is 0. The molecule has 1 fully saturated rings. The van der Waals surface area contributed by atoms with Gasteiger partial charge in [-0.2, -0.15) is 0 Å². The van der Waals surface area contributed by atoms with Gasteiger partial charge in [-0.15, -0.1) is 24.8 Å². The summed E-state index contributed by atoms with van der Waals surface area (Å²) in [5.41, 5.74) is 3.29. The maximum Gasteiger partial charge on any atom is 0.264 e. The molecule has 0 aliphatic carbocycles. The summed E-state index contributed by atoms with van der Waals surface area (Å²) >= 11 is 0. The van der Waals surface area contributed by atoms with Crippen molar-refractivity contribution < 1.29 is 13.2 Å². The average Bonchev–Trinajstić information content (AvgIpc) is 2.85. The van der Waals surface area contributed by atoms with Crippen molar-refractivity contribution in [3.63, 3.8) is 0 Å². The molecule has 0 aromatic heterocycles. The Balaban J connectivity index is 0.00000228. The summed E-state index contributed by atoms with van der Waals surface area (Å²) in [4.78, 5) is 0.263. The lowest BCUT2D eigenvalue weighted by Crippen LogP contribution is -2.54. The third kappa shape index (κ3) is 5.82. The Morgan fingerprint density at radius 1 is 1.00 bits per heavy atom. The maximum atomic E-state index is 13.3. The largest absolute Gasteiger partial charge is 0.496 e. The quantitative estimate of drug-likeness (QED) is 0.394. The van der Waals surface area contributed by atoms with Crippen molar-refractivity contribution in [1.29, 1.82) is 0 Å².